The van der Waals surface area contributed by atoms with Crippen LogP contribution in [0.3, 0.4) is 0 Å². The largest absolute Gasteiger partial charge is 0.426 e. The molecule has 3 aromatic rings. The Morgan fingerprint density at radius 1 is 1.00 bits per heavy atom. The molecule has 132 valence electrons. The topological polar surface area (TPSA) is 94.3 Å². The number of carbonyl (C=O) groups is 2. The fraction of sp³-hybridized carbons (Fsp3) is 0.111. The molecule has 0 saturated carbocycles. The Labute approximate surface area is 153 Å². The second kappa shape index (κ2) is 8.82. The van der Waals surface area contributed by atoms with Crippen molar-refractivity contribution in [1.82, 2.24) is 15.5 Å². The third kappa shape index (κ3) is 5.18. The van der Waals surface area contributed by atoms with Crippen molar-refractivity contribution in [3.63, 3.8) is 0 Å². The molecule has 0 saturated heterocycles. The van der Waals surface area contributed by atoms with Crippen LogP contribution in [0.2, 0.25) is 0 Å². The molecule has 0 spiro atoms. The molecule has 0 aliphatic carbocycles. The van der Waals surface area contributed by atoms with Crippen LogP contribution in [0.1, 0.15) is 16.2 Å². The minimum absolute atomic E-state index is 0.0346. The van der Waals surface area contributed by atoms with E-state index in [4.69, 9.17) is 9.15 Å². The first kappa shape index (κ1) is 17.7. The molecule has 0 atom stereocenters. The summed E-state index contributed by atoms with van der Waals surface area (Å²) in [5, 5.41) is 10.6. The molecule has 0 radical (unpaired) electrons. The fourth-order valence-corrected chi connectivity index (χ4v) is 2.54. The summed E-state index contributed by atoms with van der Waals surface area (Å²) in [6.45, 7) is 0.107. The summed E-state index contributed by atoms with van der Waals surface area (Å²) < 4.78 is 10.6. The Balaban J connectivity index is 1.44. The van der Waals surface area contributed by atoms with Crippen molar-refractivity contribution < 1.29 is 18.7 Å². The van der Waals surface area contributed by atoms with Crippen molar-refractivity contribution in [3.8, 4) is 5.75 Å². The zero-order valence-corrected chi connectivity index (χ0v) is 14.4. The first-order chi connectivity index (χ1) is 12.7. The van der Waals surface area contributed by atoms with Crippen LogP contribution in [0.25, 0.3) is 0 Å². The third-order valence-corrected chi connectivity index (χ3v) is 3.96. The van der Waals surface area contributed by atoms with Gasteiger partial charge in [-0.15, -0.1) is 10.2 Å². The number of benzene rings is 2. The molecule has 0 unspecified atom stereocenters. The summed E-state index contributed by atoms with van der Waals surface area (Å²) in [7, 11) is 0. The summed E-state index contributed by atoms with van der Waals surface area (Å²) >= 11 is 1.07. The summed E-state index contributed by atoms with van der Waals surface area (Å²) in [6.07, 6.45) is 0. The van der Waals surface area contributed by atoms with Gasteiger partial charge in [0.25, 0.3) is 11.1 Å². The van der Waals surface area contributed by atoms with Crippen LogP contribution in [-0.2, 0) is 11.3 Å². The second-order valence-corrected chi connectivity index (χ2v) is 6.01. The smallest absolute Gasteiger partial charge is 0.321 e. The highest BCUT2D eigenvalue weighted by Gasteiger charge is 2.12. The Morgan fingerprint density at radius 2 is 1.69 bits per heavy atom. The fourth-order valence-electron chi connectivity index (χ4n) is 1.99. The van der Waals surface area contributed by atoms with Crippen LogP contribution in [0.15, 0.2) is 70.3 Å². The van der Waals surface area contributed by atoms with Gasteiger partial charge in [-0.2, -0.15) is 0 Å². The van der Waals surface area contributed by atoms with Gasteiger partial charge in [-0.3, -0.25) is 9.59 Å². The van der Waals surface area contributed by atoms with Crippen LogP contribution >= 0.6 is 11.8 Å². The Morgan fingerprint density at radius 3 is 2.42 bits per heavy atom. The molecule has 0 bridgehead atoms. The highest BCUT2D eigenvalue weighted by Crippen LogP contribution is 2.17. The molecule has 0 aliphatic rings. The van der Waals surface area contributed by atoms with E-state index in [9.17, 15) is 9.59 Å². The molecule has 1 N–H and O–H groups in total. The van der Waals surface area contributed by atoms with Gasteiger partial charge < -0.3 is 14.5 Å². The third-order valence-electron chi connectivity index (χ3n) is 3.17. The number of rotatable bonds is 7. The predicted molar refractivity (Wildman–Crippen MR) is 94.7 cm³/mol. The molecule has 7 nitrogen and oxygen atoms in total. The van der Waals surface area contributed by atoms with Crippen molar-refractivity contribution in [3.05, 3.63) is 72.1 Å². The average molecular weight is 369 g/mol. The van der Waals surface area contributed by atoms with Crippen molar-refractivity contribution in [1.29, 1.82) is 0 Å². The monoisotopic (exact) mass is 369 g/mol. The van der Waals surface area contributed by atoms with Gasteiger partial charge in [0.2, 0.25) is 5.89 Å². The lowest BCUT2D eigenvalue weighted by Gasteiger charge is -2.02. The maximum atomic E-state index is 11.9. The molecular weight excluding hydrogens is 354 g/mol. The summed E-state index contributed by atoms with van der Waals surface area (Å²) in [6, 6.07) is 17.6. The van der Waals surface area contributed by atoms with Crippen LogP contribution in [0, 0.1) is 0 Å². The molecule has 8 heteroatoms. The van der Waals surface area contributed by atoms with E-state index < -0.39 is 5.97 Å². The lowest BCUT2D eigenvalue weighted by molar-refractivity contribution is -0.131. The maximum absolute atomic E-state index is 11.9. The van der Waals surface area contributed by atoms with Gasteiger partial charge in [0, 0.05) is 5.56 Å². The summed E-state index contributed by atoms with van der Waals surface area (Å²) in [5.41, 5.74) is 0.547. The zero-order valence-electron chi connectivity index (χ0n) is 13.6. The Kier molecular flexibility index (Phi) is 6.00. The molecule has 0 aliphatic heterocycles. The molecule has 0 fully saturated rings. The van der Waals surface area contributed by atoms with E-state index in [-0.39, 0.29) is 29.3 Å². The van der Waals surface area contributed by atoms with E-state index in [0.29, 0.717) is 11.3 Å². The lowest BCUT2D eigenvalue weighted by Crippen LogP contribution is -2.22. The van der Waals surface area contributed by atoms with Crippen LogP contribution < -0.4 is 10.1 Å². The summed E-state index contributed by atoms with van der Waals surface area (Å²) in [4.78, 5) is 23.7. The molecule has 26 heavy (non-hydrogen) atoms. The number of thioether (sulfide) groups is 1. The van der Waals surface area contributed by atoms with Crippen LogP contribution in [-0.4, -0.2) is 27.8 Å². The molecule has 2 aromatic carbocycles. The van der Waals surface area contributed by atoms with Gasteiger partial charge >= 0.3 is 5.97 Å². The van der Waals surface area contributed by atoms with Gasteiger partial charge in [0.1, 0.15) is 11.5 Å². The number of nitrogens with zero attached hydrogens (tertiary/aromatic N) is 2. The quantitative estimate of drug-likeness (QED) is 0.389. The maximum Gasteiger partial charge on any atom is 0.321 e. The Bertz CT molecular complexity index is 868. The molecule has 3 rings (SSSR count). The van der Waals surface area contributed by atoms with E-state index in [1.807, 2.05) is 12.1 Å². The number of para-hydroxylation sites is 1. The lowest BCUT2D eigenvalue weighted by atomic mass is 10.2. The number of esters is 1. The van der Waals surface area contributed by atoms with Gasteiger partial charge in [-0.25, -0.2) is 0 Å². The minimum atomic E-state index is -0.418. The number of hydrogen-bond acceptors (Lipinski definition) is 7. The van der Waals surface area contributed by atoms with Gasteiger partial charge in [0.15, 0.2) is 0 Å². The summed E-state index contributed by atoms with van der Waals surface area (Å²) in [5.74, 6) is 0.122. The molecule has 1 heterocycles. The Hall–Kier alpha value is -3.13. The normalized spacial score (nSPS) is 10.3. The molecular formula is C18H15N3O4S. The number of hydrogen-bond donors (Lipinski definition) is 1. The van der Waals surface area contributed by atoms with E-state index in [1.54, 1.807) is 48.5 Å². The standard InChI is InChI=1S/C18H15N3O4S/c22-16(24-14-9-5-2-6-10-14)12-26-18-21-20-15(25-18)11-19-17(23)13-7-3-1-4-8-13/h1-10H,11-12H2,(H,19,23). The second-order valence-electron chi connectivity index (χ2n) is 5.09. The average Bonchev–Trinajstić information content (AvgIpc) is 3.14. The predicted octanol–water partition coefficient (Wildman–Crippen LogP) is 2.70. The number of ether oxygens (including phenoxy) is 1. The number of aromatic nitrogens is 2. The number of nitrogens with one attached hydrogen (secondary N) is 1. The number of amides is 1. The van der Waals surface area contributed by atoms with Gasteiger partial charge in [-0.05, 0) is 24.3 Å². The van der Waals surface area contributed by atoms with E-state index in [2.05, 4.69) is 15.5 Å². The van der Waals surface area contributed by atoms with Gasteiger partial charge in [-0.1, -0.05) is 48.2 Å². The van der Waals surface area contributed by atoms with Crippen LogP contribution in [0.5, 0.6) is 5.75 Å². The van der Waals surface area contributed by atoms with E-state index in [1.165, 1.54) is 0 Å². The van der Waals surface area contributed by atoms with Crippen molar-refractivity contribution >= 4 is 23.6 Å². The first-order valence-corrected chi connectivity index (χ1v) is 8.73. The van der Waals surface area contributed by atoms with Crippen LogP contribution in [0.4, 0.5) is 0 Å². The van der Waals surface area contributed by atoms with E-state index >= 15 is 0 Å². The first-order valence-electron chi connectivity index (χ1n) is 7.75. The van der Waals surface area contributed by atoms with E-state index in [0.717, 1.165) is 11.8 Å². The van der Waals surface area contributed by atoms with Crippen molar-refractivity contribution in [2.45, 2.75) is 11.8 Å². The van der Waals surface area contributed by atoms with Crippen molar-refractivity contribution in [2.24, 2.45) is 0 Å². The zero-order chi connectivity index (χ0) is 18.2. The molecule has 1 amide bonds. The highest BCUT2D eigenvalue weighted by atomic mass is 32.2. The SMILES string of the molecule is O=C(CSc1nnc(CNC(=O)c2ccccc2)o1)Oc1ccccc1. The molecule has 1 aromatic heterocycles. The minimum Gasteiger partial charge on any atom is -0.426 e. The number of carbonyl (C=O) groups excluding carboxylic acids is 2. The van der Waals surface area contributed by atoms with Gasteiger partial charge in [0.05, 0.1) is 6.54 Å². The van der Waals surface area contributed by atoms with Crippen molar-refractivity contribution in [2.75, 3.05) is 5.75 Å². The highest BCUT2D eigenvalue weighted by molar-refractivity contribution is 7.99.